The first-order valence-electron chi connectivity index (χ1n) is 3.78. The Bertz CT molecular complexity index is 208. The maximum Gasteiger partial charge on any atom is 0.0866 e. The predicted molar refractivity (Wildman–Crippen MR) is 48.9 cm³/mol. The van der Waals surface area contributed by atoms with Crippen LogP contribution in [0.15, 0.2) is 0 Å². The smallest absolute Gasteiger partial charge is 0.0866 e. The quantitative estimate of drug-likeness (QED) is 0.706. The normalized spacial score (nSPS) is 8.82. The molecule has 1 aromatic heterocycles. The van der Waals surface area contributed by atoms with E-state index in [1.807, 2.05) is 27.7 Å². The summed E-state index contributed by atoms with van der Waals surface area (Å²) >= 11 is 1.45. The van der Waals surface area contributed by atoms with E-state index in [1.165, 1.54) is 16.4 Å². The van der Waals surface area contributed by atoms with Crippen LogP contribution >= 0.6 is 11.5 Å². The van der Waals surface area contributed by atoms with Gasteiger partial charge in [-0.2, -0.15) is 4.37 Å². The fraction of sp³-hybridized carbons (Fsp3) is 0.625. The van der Waals surface area contributed by atoms with Crippen LogP contribution in [0.25, 0.3) is 0 Å². The van der Waals surface area contributed by atoms with Gasteiger partial charge in [-0.3, -0.25) is 0 Å². The first-order chi connectivity index (χ1) is 5.25. The third-order valence-corrected chi connectivity index (χ3v) is 2.30. The van der Waals surface area contributed by atoms with Crippen molar-refractivity contribution in [1.82, 2.24) is 4.37 Å². The van der Waals surface area contributed by atoms with Gasteiger partial charge in [0.1, 0.15) is 0 Å². The SMILES string of the molecule is CC.Cc1snc(CO)c1C. The van der Waals surface area contributed by atoms with Crippen LogP contribution < -0.4 is 0 Å². The standard InChI is InChI=1S/C6H9NOS.C2H6/c1-4-5(2)9-7-6(4)3-8;1-2/h8H,3H2,1-2H3;1-2H3. The zero-order valence-corrected chi connectivity index (χ0v) is 8.33. The number of hydrogen-bond acceptors (Lipinski definition) is 3. The monoisotopic (exact) mass is 173 g/mol. The number of aliphatic hydroxyl groups excluding tert-OH is 1. The van der Waals surface area contributed by atoms with Crippen molar-refractivity contribution in [3.05, 3.63) is 16.1 Å². The Morgan fingerprint density at radius 3 is 2.09 bits per heavy atom. The lowest BCUT2D eigenvalue weighted by molar-refractivity contribution is 0.277. The van der Waals surface area contributed by atoms with Crippen molar-refractivity contribution in [3.8, 4) is 0 Å². The summed E-state index contributed by atoms with van der Waals surface area (Å²) in [5.41, 5.74) is 1.94. The van der Waals surface area contributed by atoms with E-state index in [0.29, 0.717) is 0 Å². The fourth-order valence-corrected chi connectivity index (χ4v) is 1.31. The summed E-state index contributed by atoms with van der Waals surface area (Å²) < 4.78 is 4.03. The minimum absolute atomic E-state index is 0.0656. The second-order valence-electron chi connectivity index (χ2n) is 1.97. The Morgan fingerprint density at radius 1 is 1.36 bits per heavy atom. The van der Waals surface area contributed by atoms with Crippen LogP contribution in [0.3, 0.4) is 0 Å². The number of aliphatic hydroxyl groups is 1. The van der Waals surface area contributed by atoms with Crippen LogP contribution in [0.4, 0.5) is 0 Å². The molecule has 0 bridgehead atoms. The van der Waals surface area contributed by atoms with Crippen molar-refractivity contribution < 1.29 is 5.11 Å². The lowest BCUT2D eigenvalue weighted by atomic mass is 10.2. The maximum atomic E-state index is 8.68. The Kier molecular flexibility index (Phi) is 5.07. The lowest BCUT2D eigenvalue weighted by Crippen LogP contribution is -1.84. The van der Waals surface area contributed by atoms with Crippen molar-refractivity contribution in [1.29, 1.82) is 0 Å². The number of hydrogen-bond donors (Lipinski definition) is 1. The Balaban J connectivity index is 0.000000461. The predicted octanol–water partition coefficient (Wildman–Crippen LogP) is 2.28. The van der Waals surface area contributed by atoms with Crippen LogP contribution in [0.5, 0.6) is 0 Å². The number of nitrogens with zero attached hydrogens (tertiary/aromatic N) is 1. The molecule has 3 heteroatoms. The molecule has 0 spiro atoms. The Labute approximate surface area is 72.1 Å². The average Bonchev–Trinajstić information content (AvgIpc) is 2.37. The molecule has 2 nitrogen and oxygen atoms in total. The van der Waals surface area contributed by atoms with E-state index in [9.17, 15) is 0 Å². The number of rotatable bonds is 1. The Hall–Kier alpha value is -0.410. The molecule has 1 aromatic rings. The second kappa shape index (κ2) is 5.27. The van der Waals surface area contributed by atoms with E-state index in [4.69, 9.17) is 5.11 Å². The molecule has 64 valence electrons. The molecule has 0 unspecified atom stereocenters. The highest BCUT2D eigenvalue weighted by Crippen LogP contribution is 2.15. The summed E-state index contributed by atoms with van der Waals surface area (Å²) in [6.07, 6.45) is 0. The van der Waals surface area contributed by atoms with Crippen LogP contribution in [-0.4, -0.2) is 9.48 Å². The van der Waals surface area contributed by atoms with Gasteiger partial charge >= 0.3 is 0 Å². The van der Waals surface area contributed by atoms with Crippen molar-refractivity contribution >= 4 is 11.5 Å². The average molecular weight is 173 g/mol. The van der Waals surface area contributed by atoms with E-state index >= 15 is 0 Å². The van der Waals surface area contributed by atoms with E-state index in [1.54, 1.807) is 0 Å². The molecule has 0 saturated carbocycles. The van der Waals surface area contributed by atoms with Crippen molar-refractivity contribution in [2.24, 2.45) is 0 Å². The topological polar surface area (TPSA) is 33.1 Å². The van der Waals surface area contributed by atoms with E-state index in [-0.39, 0.29) is 6.61 Å². The zero-order chi connectivity index (χ0) is 8.85. The third-order valence-electron chi connectivity index (χ3n) is 1.40. The van der Waals surface area contributed by atoms with Crippen LogP contribution in [0, 0.1) is 13.8 Å². The van der Waals surface area contributed by atoms with Crippen LogP contribution in [0.1, 0.15) is 30.0 Å². The van der Waals surface area contributed by atoms with E-state index in [0.717, 1.165) is 11.3 Å². The summed E-state index contributed by atoms with van der Waals surface area (Å²) in [7, 11) is 0. The van der Waals surface area contributed by atoms with Gasteiger partial charge < -0.3 is 5.11 Å². The molecule has 0 aromatic carbocycles. The molecule has 0 radical (unpaired) electrons. The third kappa shape index (κ3) is 2.60. The zero-order valence-electron chi connectivity index (χ0n) is 7.51. The van der Waals surface area contributed by atoms with Gasteiger partial charge in [-0.05, 0) is 30.9 Å². The minimum atomic E-state index is 0.0656. The molecule has 0 atom stereocenters. The Morgan fingerprint density at radius 2 is 1.91 bits per heavy atom. The van der Waals surface area contributed by atoms with Gasteiger partial charge in [0.15, 0.2) is 0 Å². The first kappa shape index (κ1) is 10.6. The van der Waals surface area contributed by atoms with E-state index < -0.39 is 0 Å². The molecule has 0 fully saturated rings. The highest BCUT2D eigenvalue weighted by molar-refractivity contribution is 7.05. The molecule has 0 aliphatic rings. The molecule has 0 saturated heterocycles. The molecular weight excluding hydrogens is 158 g/mol. The van der Waals surface area contributed by atoms with Gasteiger partial charge in [0.2, 0.25) is 0 Å². The molecular formula is C8H15NOS. The molecule has 11 heavy (non-hydrogen) atoms. The highest BCUT2D eigenvalue weighted by atomic mass is 32.1. The molecule has 0 amide bonds. The van der Waals surface area contributed by atoms with Gasteiger partial charge in [0.25, 0.3) is 0 Å². The van der Waals surface area contributed by atoms with Gasteiger partial charge in [-0.15, -0.1) is 0 Å². The first-order valence-corrected chi connectivity index (χ1v) is 4.55. The van der Waals surface area contributed by atoms with Crippen molar-refractivity contribution in [2.45, 2.75) is 34.3 Å². The molecule has 0 aliphatic heterocycles. The van der Waals surface area contributed by atoms with Gasteiger partial charge in [-0.1, -0.05) is 13.8 Å². The summed E-state index contributed by atoms with van der Waals surface area (Å²) in [6, 6.07) is 0. The number of aromatic nitrogens is 1. The van der Waals surface area contributed by atoms with Gasteiger partial charge in [0, 0.05) is 4.88 Å². The van der Waals surface area contributed by atoms with Crippen molar-refractivity contribution in [3.63, 3.8) is 0 Å². The minimum Gasteiger partial charge on any atom is -0.390 e. The number of aryl methyl sites for hydroxylation is 1. The summed E-state index contributed by atoms with van der Waals surface area (Å²) in [4.78, 5) is 1.19. The highest BCUT2D eigenvalue weighted by Gasteiger charge is 2.02. The molecule has 1 rings (SSSR count). The maximum absolute atomic E-state index is 8.68. The van der Waals surface area contributed by atoms with Crippen molar-refractivity contribution in [2.75, 3.05) is 0 Å². The summed E-state index contributed by atoms with van der Waals surface area (Å²) in [6.45, 7) is 8.05. The molecule has 1 heterocycles. The summed E-state index contributed by atoms with van der Waals surface area (Å²) in [5, 5.41) is 8.68. The summed E-state index contributed by atoms with van der Waals surface area (Å²) in [5.74, 6) is 0. The van der Waals surface area contributed by atoms with E-state index in [2.05, 4.69) is 4.37 Å². The van der Waals surface area contributed by atoms with Gasteiger partial charge in [0.05, 0.1) is 12.3 Å². The molecule has 1 N–H and O–H groups in total. The van der Waals surface area contributed by atoms with Crippen LogP contribution in [0.2, 0.25) is 0 Å². The van der Waals surface area contributed by atoms with Gasteiger partial charge in [-0.25, -0.2) is 0 Å². The molecule has 0 aliphatic carbocycles. The second-order valence-corrected chi connectivity index (χ2v) is 2.95. The fourth-order valence-electron chi connectivity index (χ4n) is 0.611. The van der Waals surface area contributed by atoms with Crippen LogP contribution in [-0.2, 0) is 6.61 Å². The largest absolute Gasteiger partial charge is 0.390 e. The lowest BCUT2D eigenvalue weighted by Gasteiger charge is -1.88.